The minimum atomic E-state index is -0.337. The number of methoxy groups -OCH3 is 1. The van der Waals surface area contributed by atoms with Crippen LogP contribution in [0.1, 0.15) is 5.69 Å². The third-order valence-electron chi connectivity index (χ3n) is 6.20. The number of ether oxygens (including phenoxy) is 1. The van der Waals surface area contributed by atoms with E-state index in [1.807, 2.05) is 65.2 Å². The lowest BCUT2D eigenvalue weighted by Gasteiger charge is -2.12. The molecule has 0 aliphatic rings. The number of carbonyl (C=O) groups excluding carboxylic acids is 1. The summed E-state index contributed by atoms with van der Waals surface area (Å²) in [6.07, 6.45) is 0. The van der Waals surface area contributed by atoms with Gasteiger partial charge >= 0.3 is 0 Å². The number of nitrogens with zero attached hydrogens (tertiary/aromatic N) is 5. The molecule has 5 aromatic rings. The third-order valence-corrected chi connectivity index (χ3v) is 7.37. The van der Waals surface area contributed by atoms with Crippen molar-refractivity contribution < 1.29 is 9.53 Å². The van der Waals surface area contributed by atoms with Gasteiger partial charge in [0.05, 0.1) is 29.8 Å². The van der Waals surface area contributed by atoms with Crippen LogP contribution in [0.15, 0.2) is 88.8 Å². The first-order chi connectivity index (χ1) is 18.9. The highest BCUT2D eigenvalue weighted by atomic mass is 35.5. The van der Waals surface area contributed by atoms with E-state index >= 15 is 0 Å². The highest BCUT2D eigenvalue weighted by Crippen LogP contribution is 2.35. The van der Waals surface area contributed by atoms with Crippen LogP contribution in [0.2, 0.25) is 5.02 Å². The van der Waals surface area contributed by atoms with Crippen molar-refractivity contribution in [2.75, 3.05) is 18.2 Å². The summed E-state index contributed by atoms with van der Waals surface area (Å²) >= 11 is 7.50. The Morgan fingerprint density at radius 1 is 1.00 bits per heavy atom. The normalized spacial score (nSPS) is 11.0. The fourth-order valence-corrected chi connectivity index (χ4v) is 5.14. The zero-order valence-corrected chi connectivity index (χ0v) is 23.0. The lowest BCUT2D eigenvalue weighted by molar-refractivity contribution is -0.113. The second-order valence-corrected chi connectivity index (χ2v) is 9.97. The topological polar surface area (TPSA) is 96.0 Å². The molecule has 0 atom stereocenters. The molecule has 198 valence electrons. The van der Waals surface area contributed by atoms with E-state index in [1.165, 1.54) is 16.4 Å². The van der Waals surface area contributed by atoms with Gasteiger partial charge in [0.1, 0.15) is 11.4 Å². The molecule has 9 nitrogen and oxygen atoms in total. The van der Waals surface area contributed by atoms with E-state index in [4.69, 9.17) is 16.3 Å². The van der Waals surface area contributed by atoms with Gasteiger partial charge in [-0.1, -0.05) is 59.8 Å². The summed E-state index contributed by atoms with van der Waals surface area (Å²) in [5.41, 5.74) is 2.77. The Balaban J connectivity index is 1.43. The number of rotatable bonds is 8. The van der Waals surface area contributed by atoms with Crippen molar-refractivity contribution in [1.82, 2.24) is 24.1 Å². The van der Waals surface area contributed by atoms with Gasteiger partial charge in [-0.25, -0.2) is 4.68 Å². The number of hydrogen-bond acceptors (Lipinski definition) is 6. The fourth-order valence-electron chi connectivity index (χ4n) is 4.22. The summed E-state index contributed by atoms with van der Waals surface area (Å²) in [6, 6.07) is 24.1. The molecule has 3 aromatic carbocycles. The first kappa shape index (κ1) is 26.3. The standard InChI is InChI=1S/C28H25ClN6O3S/c1-18-25(27(37)35(33(18)2)21-12-8-5-9-13-21)30-24(36)17-39-28-32-31-26(34(28)20-10-6-4-7-11-20)22-16-19(29)14-15-23(22)38-3/h4-16H,17H2,1-3H3,(H,30,36). The van der Waals surface area contributed by atoms with Crippen molar-refractivity contribution in [2.24, 2.45) is 7.05 Å². The van der Waals surface area contributed by atoms with Crippen LogP contribution in [0.25, 0.3) is 22.8 Å². The number of carbonyl (C=O) groups is 1. The van der Waals surface area contributed by atoms with E-state index in [9.17, 15) is 9.59 Å². The van der Waals surface area contributed by atoms with Crippen molar-refractivity contribution in [3.63, 3.8) is 0 Å². The molecular weight excluding hydrogens is 536 g/mol. The van der Waals surface area contributed by atoms with Crippen molar-refractivity contribution in [3.8, 4) is 28.5 Å². The van der Waals surface area contributed by atoms with Gasteiger partial charge < -0.3 is 10.1 Å². The fraction of sp³-hybridized carbons (Fsp3) is 0.143. The molecule has 0 unspecified atom stereocenters. The molecule has 0 aliphatic carbocycles. The van der Waals surface area contributed by atoms with Crippen molar-refractivity contribution >= 4 is 35.0 Å². The molecule has 1 N–H and O–H groups in total. The summed E-state index contributed by atoms with van der Waals surface area (Å²) in [4.78, 5) is 26.2. The predicted octanol–water partition coefficient (Wildman–Crippen LogP) is 5.12. The number of halogens is 1. The molecular formula is C28H25ClN6O3S. The zero-order valence-electron chi connectivity index (χ0n) is 21.5. The van der Waals surface area contributed by atoms with Gasteiger partial charge in [0.25, 0.3) is 5.56 Å². The van der Waals surface area contributed by atoms with Crippen LogP contribution < -0.4 is 15.6 Å². The van der Waals surface area contributed by atoms with Crippen molar-refractivity contribution in [3.05, 3.63) is 99.9 Å². The van der Waals surface area contributed by atoms with E-state index < -0.39 is 0 Å². The molecule has 5 rings (SSSR count). The molecule has 0 bridgehead atoms. The maximum atomic E-state index is 13.2. The van der Waals surface area contributed by atoms with Gasteiger partial charge in [0.15, 0.2) is 11.0 Å². The second-order valence-electron chi connectivity index (χ2n) is 8.60. The molecule has 0 saturated carbocycles. The predicted molar refractivity (Wildman–Crippen MR) is 153 cm³/mol. The first-order valence-corrected chi connectivity index (χ1v) is 13.4. The summed E-state index contributed by atoms with van der Waals surface area (Å²) in [6.45, 7) is 1.79. The number of amides is 1. The summed E-state index contributed by atoms with van der Waals surface area (Å²) in [5, 5.41) is 12.6. The Morgan fingerprint density at radius 2 is 1.67 bits per heavy atom. The van der Waals surface area contributed by atoms with Crippen LogP contribution in [0.3, 0.4) is 0 Å². The number of nitrogens with one attached hydrogen (secondary N) is 1. The Kier molecular flexibility index (Phi) is 7.58. The average Bonchev–Trinajstić information content (AvgIpc) is 3.47. The zero-order chi connectivity index (χ0) is 27.5. The van der Waals surface area contributed by atoms with Gasteiger partial charge in [0.2, 0.25) is 5.91 Å². The molecule has 11 heteroatoms. The minimum Gasteiger partial charge on any atom is -0.496 e. The largest absolute Gasteiger partial charge is 0.496 e. The Hall–Kier alpha value is -4.28. The maximum Gasteiger partial charge on any atom is 0.295 e. The molecule has 2 heterocycles. The van der Waals surface area contributed by atoms with Crippen LogP contribution in [0, 0.1) is 6.92 Å². The van der Waals surface area contributed by atoms with Crippen molar-refractivity contribution in [1.29, 1.82) is 0 Å². The lowest BCUT2D eigenvalue weighted by atomic mass is 10.2. The SMILES string of the molecule is COc1ccc(Cl)cc1-c1nnc(SCC(=O)Nc2c(C)n(C)n(-c3ccccc3)c2=O)n1-c1ccccc1. The summed E-state index contributed by atoms with van der Waals surface area (Å²) in [7, 11) is 3.36. The quantitative estimate of drug-likeness (QED) is 0.264. The Morgan fingerprint density at radius 3 is 2.33 bits per heavy atom. The molecule has 39 heavy (non-hydrogen) atoms. The van der Waals surface area contributed by atoms with Crippen molar-refractivity contribution in [2.45, 2.75) is 12.1 Å². The molecule has 1 amide bonds. The van der Waals surface area contributed by atoms with Crippen LogP contribution in [0.5, 0.6) is 5.75 Å². The lowest BCUT2D eigenvalue weighted by Crippen LogP contribution is -2.23. The van der Waals surface area contributed by atoms with Gasteiger partial charge in [-0.3, -0.25) is 18.8 Å². The number of para-hydroxylation sites is 2. The molecule has 0 spiro atoms. The van der Waals surface area contributed by atoms with E-state index in [0.717, 1.165) is 5.69 Å². The monoisotopic (exact) mass is 560 g/mol. The smallest absolute Gasteiger partial charge is 0.295 e. The molecule has 0 aliphatic heterocycles. The maximum absolute atomic E-state index is 13.2. The van der Waals surface area contributed by atoms with Crippen LogP contribution in [0.4, 0.5) is 5.69 Å². The number of thioether (sulfide) groups is 1. The van der Waals surface area contributed by atoms with Crippen LogP contribution in [-0.4, -0.2) is 42.9 Å². The van der Waals surface area contributed by atoms with E-state index in [-0.39, 0.29) is 22.9 Å². The van der Waals surface area contributed by atoms with E-state index in [1.54, 1.807) is 44.0 Å². The average molecular weight is 561 g/mol. The van der Waals surface area contributed by atoms with Gasteiger partial charge in [-0.15, -0.1) is 10.2 Å². The second kappa shape index (κ2) is 11.2. The number of hydrogen-bond donors (Lipinski definition) is 1. The summed E-state index contributed by atoms with van der Waals surface area (Å²) < 4.78 is 10.6. The van der Waals surface area contributed by atoms with Gasteiger partial charge in [-0.05, 0) is 49.4 Å². The highest BCUT2D eigenvalue weighted by Gasteiger charge is 2.22. The van der Waals surface area contributed by atoms with E-state index in [2.05, 4.69) is 15.5 Å². The number of benzene rings is 3. The van der Waals surface area contributed by atoms with E-state index in [0.29, 0.717) is 38.7 Å². The molecule has 2 aromatic heterocycles. The Bertz CT molecular complexity index is 1700. The number of aromatic nitrogens is 5. The van der Waals surface area contributed by atoms with Crippen LogP contribution >= 0.6 is 23.4 Å². The minimum absolute atomic E-state index is 0.0107. The number of anilines is 1. The molecule has 0 radical (unpaired) electrons. The molecule has 0 saturated heterocycles. The highest BCUT2D eigenvalue weighted by molar-refractivity contribution is 7.99. The van der Waals surface area contributed by atoms with Gasteiger partial charge in [-0.2, -0.15) is 0 Å². The molecule has 0 fully saturated rings. The van der Waals surface area contributed by atoms with Crippen LogP contribution in [-0.2, 0) is 11.8 Å². The Labute approximate surface area is 234 Å². The first-order valence-electron chi connectivity index (χ1n) is 12.0. The van der Waals surface area contributed by atoms with Gasteiger partial charge in [0, 0.05) is 17.8 Å². The third kappa shape index (κ3) is 5.21. The summed E-state index contributed by atoms with van der Waals surface area (Å²) in [5.74, 6) is 0.785.